The molecular formula is C21H16Cl2N4O5S2. The van der Waals surface area contributed by atoms with Crippen molar-refractivity contribution in [1.29, 1.82) is 5.41 Å². The van der Waals surface area contributed by atoms with Crippen molar-refractivity contribution < 1.29 is 22.7 Å². The van der Waals surface area contributed by atoms with Crippen LogP contribution in [-0.4, -0.2) is 54.2 Å². The summed E-state index contributed by atoms with van der Waals surface area (Å²) in [5.74, 6) is 0.00195. The molecule has 9 nitrogen and oxygen atoms in total. The van der Waals surface area contributed by atoms with Crippen molar-refractivity contribution in [2.24, 2.45) is 10.1 Å². The van der Waals surface area contributed by atoms with E-state index in [0.29, 0.717) is 27.1 Å². The van der Waals surface area contributed by atoms with Gasteiger partial charge in [-0.05, 0) is 47.7 Å². The number of amidine groups is 2. The van der Waals surface area contributed by atoms with Crippen LogP contribution < -0.4 is 9.47 Å². The van der Waals surface area contributed by atoms with Crippen molar-refractivity contribution >= 4 is 72.2 Å². The molecule has 0 spiro atoms. The van der Waals surface area contributed by atoms with Gasteiger partial charge in [0.25, 0.3) is 5.91 Å². The first-order valence-electron chi connectivity index (χ1n) is 9.63. The summed E-state index contributed by atoms with van der Waals surface area (Å²) in [5.41, 5.74) is 0.469. The minimum atomic E-state index is -3.60. The number of amides is 1. The van der Waals surface area contributed by atoms with Gasteiger partial charge in [-0.3, -0.25) is 10.2 Å². The summed E-state index contributed by atoms with van der Waals surface area (Å²) >= 11 is 13.1. The minimum absolute atomic E-state index is 0.0216. The standard InChI is InChI=1S/C21H16Cl2N4O5S2/c1-34(29,30)21-26-27-18(24)13(19(28)25-20(27)33-21)10-12-6-7-17(15(23)11-12)32-9-8-31-16-5-3-2-4-14(16)22/h2-7,10-11,24H,8-9H2,1H3/b13-10+,24-18?. The van der Waals surface area contributed by atoms with Crippen molar-refractivity contribution in [3.05, 3.63) is 63.6 Å². The molecule has 2 aromatic rings. The number of benzene rings is 2. The maximum Gasteiger partial charge on any atom is 0.283 e. The van der Waals surface area contributed by atoms with Crippen LogP contribution in [0.15, 0.2) is 58.1 Å². The molecule has 13 heteroatoms. The fraction of sp³-hybridized carbons (Fsp3) is 0.143. The van der Waals surface area contributed by atoms with Crippen LogP contribution in [-0.2, 0) is 14.6 Å². The third-order valence-electron chi connectivity index (χ3n) is 4.46. The van der Waals surface area contributed by atoms with Gasteiger partial charge in [-0.1, -0.05) is 41.4 Å². The number of rotatable bonds is 6. The van der Waals surface area contributed by atoms with Crippen molar-refractivity contribution in [2.75, 3.05) is 19.5 Å². The summed E-state index contributed by atoms with van der Waals surface area (Å²) in [6.07, 6.45) is 2.42. The molecule has 1 N–H and O–H groups in total. The molecule has 0 saturated carbocycles. The molecule has 2 heterocycles. The molecule has 2 aliphatic rings. The van der Waals surface area contributed by atoms with Crippen LogP contribution in [0.25, 0.3) is 6.08 Å². The second-order valence-electron chi connectivity index (χ2n) is 6.98. The second-order valence-corrected chi connectivity index (χ2v) is 10.9. The number of hydrogen-bond donors (Lipinski definition) is 1. The van der Waals surface area contributed by atoms with E-state index in [1.807, 2.05) is 6.07 Å². The second kappa shape index (κ2) is 9.79. The van der Waals surface area contributed by atoms with E-state index in [-0.39, 0.29) is 34.2 Å². The summed E-state index contributed by atoms with van der Waals surface area (Å²) in [4.78, 5) is 16.3. The van der Waals surface area contributed by atoms with Gasteiger partial charge >= 0.3 is 0 Å². The Labute approximate surface area is 209 Å². The molecule has 0 aliphatic carbocycles. The van der Waals surface area contributed by atoms with Crippen LogP contribution in [0.4, 0.5) is 0 Å². The van der Waals surface area contributed by atoms with Crippen molar-refractivity contribution in [3.63, 3.8) is 0 Å². The molecule has 34 heavy (non-hydrogen) atoms. The lowest BCUT2D eigenvalue weighted by molar-refractivity contribution is -0.114. The Morgan fingerprint density at radius 1 is 1.09 bits per heavy atom. The number of hydrazone groups is 1. The Bertz CT molecular complexity index is 1390. The zero-order chi connectivity index (χ0) is 24.5. The highest BCUT2D eigenvalue weighted by atomic mass is 35.5. The van der Waals surface area contributed by atoms with Crippen molar-refractivity contribution in [1.82, 2.24) is 5.01 Å². The van der Waals surface area contributed by atoms with Crippen molar-refractivity contribution in [3.8, 4) is 11.5 Å². The highest BCUT2D eigenvalue weighted by Gasteiger charge is 2.38. The SMILES string of the molecule is CS(=O)(=O)C1=NN2C(=N)/C(=C\c3ccc(OCCOc4ccccc4Cl)c(Cl)c3)C(=O)N=C2S1. The van der Waals surface area contributed by atoms with Crippen LogP contribution in [0.2, 0.25) is 10.0 Å². The number of halogens is 2. The van der Waals surface area contributed by atoms with E-state index in [0.717, 1.165) is 23.0 Å². The Balaban J connectivity index is 1.44. The number of ether oxygens (including phenoxy) is 2. The number of thioether (sulfide) groups is 1. The van der Waals surface area contributed by atoms with E-state index < -0.39 is 15.7 Å². The predicted octanol–water partition coefficient (Wildman–Crippen LogP) is 4.07. The smallest absolute Gasteiger partial charge is 0.283 e. The van der Waals surface area contributed by atoms with E-state index in [4.69, 9.17) is 38.1 Å². The molecule has 0 bridgehead atoms. The Morgan fingerprint density at radius 2 is 1.76 bits per heavy atom. The fourth-order valence-corrected chi connectivity index (χ4v) is 5.00. The normalized spacial score (nSPS) is 16.9. The fourth-order valence-electron chi connectivity index (χ4n) is 2.88. The third kappa shape index (κ3) is 5.27. The highest BCUT2D eigenvalue weighted by molar-refractivity contribution is 8.42. The molecular weight excluding hydrogens is 523 g/mol. The Hall–Kier alpha value is -2.86. The molecule has 0 saturated heterocycles. The molecule has 0 unspecified atom stereocenters. The third-order valence-corrected chi connectivity index (χ3v) is 7.64. The molecule has 176 valence electrons. The maximum absolute atomic E-state index is 12.5. The van der Waals surface area contributed by atoms with Crippen LogP contribution in [0.3, 0.4) is 0 Å². The van der Waals surface area contributed by atoms with Gasteiger partial charge in [0, 0.05) is 6.26 Å². The summed E-state index contributed by atoms with van der Waals surface area (Å²) in [6, 6.07) is 12.0. The van der Waals surface area contributed by atoms with Crippen LogP contribution in [0.1, 0.15) is 5.56 Å². The average molecular weight is 539 g/mol. The molecule has 4 rings (SSSR count). The Kier molecular flexibility index (Phi) is 6.99. The van der Waals surface area contributed by atoms with Gasteiger partial charge in [-0.2, -0.15) is 10.0 Å². The van der Waals surface area contributed by atoms with Gasteiger partial charge in [0.05, 0.1) is 15.6 Å². The topological polar surface area (TPSA) is 121 Å². The first-order chi connectivity index (χ1) is 16.1. The van der Waals surface area contributed by atoms with Gasteiger partial charge in [0.2, 0.25) is 19.4 Å². The molecule has 1 amide bonds. The predicted molar refractivity (Wildman–Crippen MR) is 134 cm³/mol. The van der Waals surface area contributed by atoms with Crippen LogP contribution >= 0.6 is 35.0 Å². The van der Waals surface area contributed by atoms with E-state index in [1.165, 1.54) is 6.08 Å². The number of fused-ring (bicyclic) bond motifs is 1. The quantitative estimate of drug-likeness (QED) is 0.434. The lowest BCUT2D eigenvalue weighted by atomic mass is 10.1. The first-order valence-corrected chi connectivity index (χ1v) is 13.1. The number of sulfone groups is 1. The van der Waals surface area contributed by atoms with Crippen LogP contribution in [0.5, 0.6) is 11.5 Å². The number of nitrogens with zero attached hydrogens (tertiary/aromatic N) is 3. The summed E-state index contributed by atoms with van der Waals surface area (Å²) in [7, 11) is -3.60. The minimum Gasteiger partial charge on any atom is -0.488 e. The summed E-state index contributed by atoms with van der Waals surface area (Å²) in [5, 5.41) is 14.0. The van der Waals surface area contributed by atoms with Crippen LogP contribution in [0, 0.1) is 5.41 Å². The van der Waals surface area contributed by atoms with Gasteiger partial charge in [0.15, 0.2) is 5.84 Å². The average Bonchev–Trinajstić information content (AvgIpc) is 3.21. The maximum atomic E-state index is 12.5. The monoisotopic (exact) mass is 538 g/mol. The van der Waals surface area contributed by atoms with E-state index >= 15 is 0 Å². The molecule has 0 fully saturated rings. The zero-order valence-corrected chi connectivity index (χ0v) is 20.6. The van der Waals surface area contributed by atoms with Gasteiger partial charge < -0.3 is 9.47 Å². The zero-order valence-electron chi connectivity index (χ0n) is 17.5. The number of carbonyl (C=O) groups is 1. The van der Waals surface area contributed by atoms with E-state index in [2.05, 4.69) is 10.1 Å². The molecule has 0 radical (unpaired) electrons. The largest absolute Gasteiger partial charge is 0.488 e. The highest BCUT2D eigenvalue weighted by Crippen LogP contribution is 2.31. The molecule has 2 aromatic carbocycles. The number of carbonyl (C=O) groups excluding carboxylic acids is 1. The van der Waals surface area contributed by atoms with Gasteiger partial charge in [-0.25, -0.2) is 8.42 Å². The number of para-hydroxylation sites is 1. The molecule has 2 aliphatic heterocycles. The first kappa shape index (κ1) is 24.3. The Morgan fingerprint density at radius 3 is 2.41 bits per heavy atom. The van der Waals surface area contributed by atoms with Gasteiger partial charge in [-0.15, -0.1) is 5.10 Å². The lowest BCUT2D eigenvalue weighted by Gasteiger charge is -2.20. The summed E-state index contributed by atoms with van der Waals surface area (Å²) in [6.45, 7) is 0.473. The van der Waals surface area contributed by atoms with Crippen molar-refractivity contribution in [2.45, 2.75) is 0 Å². The van der Waals surface area contributed by atoms with E-state index in [1.54, 1.807) is 36.4 Å². The summed E-state index contributed by atoms with van der Waals surface area (Å²) < 4.78 is 34.5. The molecule has 0 aromatic heterocycles. The van der Waals surface area contributed by atoms with Gasteiger partial charge in [0.1, 0.15) is 24.7 Å². The number of hydrogen-bond acceptors (Lipinski definition) is 8. The lowest BCUT2D eigenvalue weighted by Crippen LogP contribution is -2.35. The van der Waals surface area contributed by atoms with E-state index in [9.17, 15) is 13.2 Å². The number of nitrogens with one attached hydrogen (secondary N) is 1. The molecule has 0 atom stereocenters. The number of aliphatic imine (C=N–C) groups is 1.